The molecule has 2 atom stereocenters. The van der Waals surface area contributed by atoms with E-state index in [1.54, 1.807) is 12.2 Å². The first-order chi connectivity index (χ1) is 7.49. The second-order valence-corrected chi connectivity index (χ2v) is 3.65. The van der Waals surface area contributed by atoms with Crippen molar-refractivity contribution in [3.05, 3.63) is 12.2 Å². The predicted molar refractivity (Wildman–Crippen MR) is 55.5 cm³/mol. The van der Waals surface area contributed by atoms with Crippen molar-refractivity contribution in [3.63, 3.8) is 0 Å². The molecule has 1 rings (SSSR count). The summed E-state index contributed by atoms with van der Waals surface area (Å²) in [5.74, 6) is -2.03. The van der Waals surface area contributed by atoms with E-state index < -0.39 is 11.9 Å². The van der Waals surface area contributed by atoms with Crippen LogP contribution in [-0.2, 0) is 14.4 Å². The molecule has 2 unspecified atom stereocenters. The Bertz CT molecular complexity index is 338. The van der Waals surface area contributed by atoms with Crippen LogP contribution >= 0.6 is 0 Å². The maximum Gasteiger partial charge on any atom is 0.310 e. The highest BCUT2D eigenvalue weighted by molar-refractivity contribution is 5.84. The average molecular weight is 226 g/mol. The smallest absolute Gasteiger partial charge is 0.310 e. The lowest BCUT2D eigenvalue weighted by Gasteiger charge is -2.12. The molecule has 0 aromatic carbocycles. The van der Waals surface area contributed by atoms with Crippen molar-refractivity contribution in [2.75, 3.05) is 6.54 Å². The van der Waals surface area contributed by atoms with E-state index in [-0.39, 0.29) is 24.4 Å². The van der Waals surface area contributed by atoms with Gasteiger partial charge >= 0.3 is 5.97 Å². The molecule has 0 aromatic heterocycles. The number of carboxylic acids is 1. The molecule has 0 aliphatic heterocycles. The van der Waals surface area contributed by atoms with Crippen LogP contribution in [0.15, 0.2) is 12.2 Å². The van der Waals surface area contributed by atoms with Gasteiger partial charge in [-0.1, -0.05) is 12.2 Å². The van der Waals surface area contributed by atoms with Crippen molar-refractivity contribution < 1.29 is 19.5 Å². The zero-order chi connectivity index (χ0) is 12.1. The summed E-state index contributed by atoms with van der Waals surface area (Å²) in [6.07, 6.45) is 3.58. The van der Waals surface area contributed by atoms with E-state index in [1.807, 2.05) is 0 Å². The summed E-state index contributed by atoms with van der Waals surface area (Å²) in [5.41, 5.74) is 0. The third-order valence-electron chi connectivity index (χ3n) is 2.25. The molecule has 6 heteroatoms. The SMILES string of the molecule is CC(=O)NCC(=O)NC1C=CC(C(=O)O)C1. The van der Waals surface area contributed by atoms with Crippen molar-refractivity contribution in [2.24, 2.45) is 5.92 Å². The zero-order valence-corrected chi connectivity index (χ0v) is 8.90. The summed E-state index contributed by atoms with van der Waals surface area (Å²) in [7, 11) is 0. The Morgan fingerprint density at radius 3 is 2.56 bits per heavy atom. The predicted octanol–water partition coefficient (Wildman–Crippen LogP) is -0.732. The Kier molecular flexibility index (Phi) is 4.04. The fourth-order valence-corrected chi connectivity index (χ4v) is 1.45. The molecule has 0 saturated carbocycles. The van der Waals surface area contributed by atoms with Gasteiger partial charge in [-0.3, -0.25) is 14.4 Å². The number of amides is 2. The highest BCUT2D eigenvalue weighted by Crippen LogP contribution is 2.17. The Labute approximate surface area is 92.7 Å². The van der Waals surface area contributed by atoms with Crippen molar-refractivity contribution in [1.82, 2.24) is 10.6 Å². The van der Waals surface area contributed by atoms with Crippen LogP contribution < -0.4 is 10.6 Å². The summed E-state index contributed by atoms with van der Waals surface area (Å²) < 4.78 is 0. The van der Waals surface area contributed by atoms with Crippen molar-refractivity contribution in [2.45, 2.75) is 19.4 Å². The summed E-state index contributed by atoms with van der Waals surface area (Å²) in [6.45, 7) is 1.24. The van der Waals surface area contributed by atoms with Gasteiger partial charge < -0.3 is 15.7 Å². The lowest BCUT2D eigenvalue weighted by Crippen LogP contribution is -2.40. The van der Waals surface area contributed by atoms with Crippen molar-refractivity contribution in [1.29, 1.82) is 0 Å². The van der Waals surface area contributed by atoms with Gasteiger partial charge in [-0.2, -0.15) is 0 Å². The molecule has 0 radical (unpaired) electrons. The largest absolute Gasteiger partial charge is 0.481 e. The normalized spacial score (nSPS) is 22.8. The molecule has 3 N–H and O–H groups in total. The molecule has 0 bridgehead atoms. The number of hydrogen-bond acceptors (Lipinski definition) is 3. The monoisotopic (exact) mass is 226 g/mol. The molecule has 0 spiro atoms. The minimum absolute atomic E-state index is 0.0859. The van der Waals surface area contributed by atoms with Crippen LogP contribution in [0.25, 0.3) is 0 Å². The molecule has 2 amide bonds. The van der Waals surface area contributed by atoms with E-state index in [2.05, 4.69) is 10.6 Å². The Morgan fingerprint density at radius 2 is 2.06 bits per heavy atom. The van der Waals surface area contributed by atoms with E-state index in [1.165, 1.54) is 6.92 Å². The number of aliphatic carboxylic acids is 1. The van der Waals surface area contributed by atoms with Crippen molar-refractivity contribution >= 4 is 17.8 Å². The van der Waals surface area contributed by atoms with E-state index in [4.69, 9.17) is 5.11 Å². The molecule has 0 saturated heterocycles. The first kappa shape index (κ1) is 12.2. The second-order valence-electron chi connectivity index (χ2n) is 3.65. The number of carboxylic acid groups (broad SMARTS) is 1. The standard InChI is InChI=1S/C10H14N2O4/c1-6(13)11-5-9(14)12-8-3-2-7(4-8)10(15)16/h2-3,7-8H,4-5H2,1H3,(H,11,13)(H,12,14)(H,15,16). The topological polar surface area (TPSA) is 95.5 Å². The number of carbonyl (C=O) groups excluding carboxylic acids is 2. The van der Waals surface area contributed by atoms with Gasteiger partial charge in [0.1, 0.15) is 0 Å². The highest BCUT2D eigenvalue weighted by Gasteiger charge is 2.25. The third kappa shape index (κ3) is 3.72. The highest BCUT2D eigenvalue weighted by atomic mass is 16.4. The van der Waals surface area contributed by atoms with E-state index in [0.717, 1.165) is 0 Å². The molecular weight excluding hydrogens is 212 g/mol. The number of rotatable bonds is 4. The third-order valence-corrected chi connectivity index (χ3v) is 2.25. The van der Waals surface area contributed by atoms with Crippen LogP contribution in [0, 0.1) is 5.92 Å². The van der Waals surface area contributed by atoms with Gasteiger partial charge in [0.2, 0.25) is 11.8 Å². The second kappa shape index (κ2) is 5.29. The maximum absolute atomic E-state index is 11.3. The van der Waals surface area contributed by atoms with Gasteiger partial charge in [0, 0.05) is 13.0 Å². The van der Waals surface area contributed by atoms with Crippen molar-refractivity contribution in [3.8, 4) is 0 Å². The van der Waals surface area contributed by atoms with Crippen LogP contribution in [0.3, 0.4) is 0 Å². The Morgan fingerprint density at radius 1 is 1.38 bits per heavy atom. The molecule has 0 aromatic rings. The molecule has 6 nitrogen and oxygen atoms in total. The van der Waals surface area contributed by atoms with Crippen LogP contribution in [0.5, 0.6) is 0 Å². The number of nitrogens with one attached hydrogen (secondary N) is 2. The number of hydrogen-bond donors (Lipinski definition) is 3. The average Bonchev–Trinajstić information content (AvgIpc) is 2.63. The lowest BCUT2D eigenvalue weighted by atomic mass is 10.1. The number of carbonyl (C=O) groups is 3. The fourth-order valence-electron chi connectivity index (χ4n) is 1.45. The minimum atomic E-state index is -0.894. The minimum Gasteiger partial charge on any atom is -0.481 e. The molecule has 0 heterocycles. The van der Waals surface area contributed by atoms with Crippen LogP contribution in [0.4, 0.5) is 0 Å². The molecule has 0 fully saturated rings. The lowest BCUT2D eigenvalue weighted by molar-refractivity contribution is -0.140. The van der Waals surface area contributed by atoms with Gasteiger partial charge in [0.25, 0.3) is 0 Å². The van der Waals surface area contributed by atoms with Crippen LogP contribution in [0.1, 0.15) is 13.3 Å². The van der Waals surface area contributed by atoms with Crippen LogP contribution in [0.2, 0.25) is 0 Å². The molecule has 1 aliphatic rings. The molecule has 1 aliphatic carbocycles. The van der Waals surface area contributed by atoms with E-state index in [9.17, 15) is 14.4 Å². The Balaban J connectivity index is 2.29. The quantitative estimate of drug-likeness (QED) is 0.550. The molecule has 16 heavy (non-hydrogen) atoms. The van der Waals surface area contributed by atoms with Gasteiger partial charge in [0.15, 0.2) is 0 Å². The van der Waals surface area contributed by atoms with Gasteiger partial charge in [-0.05, 0) is 6.42 Å². The van der Waals surface area contributed by atoms with Gasteiger partial charge in [-0.15, -0.1) is 0 Å². The molecule has 88 valence electrons. The first-order valence-electron chi connectivity index (χ1n) is 4.94. The van der Waals surface area contributed by atoms with Crippen LogP contribution in [-0.4, -0.2) is 35.5 Å². The molecular formula is C10H14N2O4. The summed E-state index contributed by atoms with van der Waals surface area (Å²) in [5, 5.41) is 13.7. The first-order valence-corrected chi connectivity index (χ1v) is 4.94. The van der Waals surface area contributed by atoms with Gasteiger partial charge in [-0.25, -0.2) is 0 Å². The summed E-state index contributed by atoms with van der Waals surface area (Å²) >= 11 is 0. The van der Waals surface area contributed by atoms with E-state index >= 15 is 0 Å². The Hall–Kier alpha value is -1.85. The van der Waals surface area contributed by atoms with Gasteiger partial charge in [0.05, 0.1) is 12.5 Å². The maximum atomic E-state index is 11.3. The fraction of sp³-hybridized carbons (Fsp3) is 0.500. The zero-order valence-electron chi connectivity index (χ0n) is 8.90. The summed E-state index contributed by atoms with van der Waals surface area (Å²) in [6, 6.07) is -0.262. The van der Waals surface area contributed by atoms with E-state index in [0.29, 0.717) is 6.42 Å². The summed E-state index contributed by atoms with van der Waals surface area (Å²) in [4.78, 5) is 32.4.